The Hall–Kier alpha value is -1.84. The van der Waals surface area contributed by atoms with E-state index >= 15 is 0 Å². The van der Waals surface area contributed by atoms with Crippen LogP contribution in [0.3, 0.4) is 0 Å². The van der Waals surface area contributed by atoms with E-state index < -0.39 is 0 Å². The van der Waals surface area contributed by atoms with Crippen molar-refractivity contribution in [1.29, 1.82) is 0 Å². The fourth-order valence-electron chi connectivity index (χ4n) is 1.62. The fourth-order valence-corrected chi connectivity index (χ4v) is 1.86. The molecule has 0 bridgehead atoms. The maximum Gasteiger partial charge on any atom is 0.258 e. The van der Waals surface area contributed by atoms with Crippen molar-refractivity contribution in [3.63, 3.8) is 0 Å². The summed E-state index contributed by atoms with van der Waals surface area (Å²) in [6.07, 6.45) is 5.15. The number of nitrogens with zero attached hydrogens (tertiary/aromatic N) is 2. The van der Waals surface area contributed by atoms with Gasteiger partial charge in [0.15, 0.2) is 0 Å². The van der Waals surface area contributed by atoms with Gasteiger partial charge in [-0.25, -0.2) is 0 Å². The average molecular weight is 321 g/mol. The van der Waals surface area contributed by atoms with Gasteiger partial charge in [0.2, 0.25) is 5.82 Å². The molecule has 0 amide bonds. The molecule has 0 saturated heterocycles. The first-order valence-electron chi connectivity index (χ1n) is 6.28. The highest BCUT2D eigenvalue weighted by Crippen LogP contribution is 2.25. The Bertz CT molecular complexity index is 726. The van der Waals surface area contributed by atoms with E-state index in [4.69, 9.17) is 27.7 Å². The molecule has 0 saturated carbocycles. The summed E-state index contributed by atoms with van der Waals surface area (Å²) in [6, 6.07) is 5.62. The number of hydrogen-bond donors (Lipinski definition) is 0. The van der Waals surface area contributed by atoms with Crippen LogP contribution in [0.4, 0.5) is 0 Å². The number of hydrogen-bond acceptors (Lipinski definition) is 3. The van der Waals surface area contributed by atoms with Crippen molar-refractivity contribution in [2.24, 2.45) is 0 Å². The normalized spacial score (nSPS) is 12.6. The van der Waals surface area contributed by atoms with E-state index in [0.717, 1.165) is 11.1 Å². The first-order chi connectivity index (χ1) is 10.0. The Morgan fingerprint density at radius 3 is 2.71 bits per heavy atom. The van der Waals surface area contributed by atoms with Crippen LogP contribution < -0.4 is 0 Å². The minimum absolute atomic E-state index is 0.380. The van der Waals surface area contributed by atoms with Gasteiger partial charge in [-0.2, -0.15) is 4.98 Å². The van der Waals surface area contributed by atoms with E-state index in [9.17, 15) is 0 Å². The zero-order valence-electron chi connectivity index (χ0n) is 11.7. The van der Waals surface area contributed by atoms with Crippen LogP contribution in [0.5, 0.6) is 0 Å². The maximum absolute atomic E-state index is 6.11. The predicted octanol–water partition coefficient (Wildman–Crippen LogP) is 5.41. The van der Waals surface area contributed by atoms with Crippen molar-refractivity contribution >= 4 is 28.8 Å². The van der Waals surface area contributed by atoms with Crippen LogP contribution >= 0.6 is 23.2 Å². The molecule has 0 atom stereocenters. The molecule has 2 rings (SSSR count). The van der Waals surface area contributed by atoms with Crippen LogP contribution in [0.25, 0.3) is 17.0 Å². The van der Waals surface area contributed by atoms with Gasteiger partial charge in [0.05, 0.1) is 0 Å². The lowest BCUT2D eigenvalue weighted by molar-refractivity contribution is 0.409. The van der Waals surface area contributed by atoms with E-state index in [1.807, 2.05) is 25.1 Å². The lowest BCUT2D eigenvalue weighted by atomic mass is 10.1. The molecule has 0 aliphatic rings. The Kier molecular flexibility index (Phi) is 4.99. The van der Waals surface area contributed by atoms with E-state index in [1.165, 1.54) is 0 Å². The Morgan fingerprint density at radius 1 is 1.33 bits per heavy atom. The van der Waals surface area contributed by atoms with E-state index in [-0.39, 0.29) is 0 Å². The summed E-state index contributed by atoms with van der Waals surface area (Å²) in [5.74, 6) is 0.858. The molecule has 0 aliphatic carbocycles. The van der Waals surface area contributed by atoms with Crippen LogP contribution in [0.15, 0.2) is 52.6 Å². The summed E-state index contributed by atoms with van der Waals surface area (Å²) in [5.41, 5.74) is 2.50. The summed E-state index contributed by atoms with van der Waals surface area (Å²) < 4.78 is 5.26. The third kappa shape index (κ3) is 3.84. The van der Waals surface area contributed by atoms with Gasteiger partial charge in [-0.3, -0.25) is 0 Å². The maximum atomic E-state index is 6.11. The molecule has 0 unspecified atom stereocenters. The number of rotatable bonds is 4. The van der Waals surface area contributed by atoms with Crippen molar-refractivity contribution in [3.05, 3.63) is 64.5 Å². The second-order valence-corrected chi connectivity index (χ2v) is 5.47. The van der Waals surface area contributed by atoms with E-state index in [0.29, 0.717) is 27.3 Å². The second-order valence-electron chi connectivity index (χ2n) is 4.47. The Labute approximate surface area is 133 Å². The number of aryl methyl sites for hydroxylation is 1. The molecule has 0 fully saturated rings. The van der Waals surface area contributed by atoms with Crippen molar-refractivity contribution in [1.82, 2.24) is 10.1 Å². The quantitative estimate of drug-likeness (QED) is 0.707. The number of allylic oxidation sites excluding steroid dienone is 5. The minimum atomic E-state index is 0.380. The van der Waals surface area contributed by atoms with Crippen LogP contribution in [0.1, 0.15) is 18.4 Å². The molecule has 0 radical (unpaired) electrons. The summed E-state index contributed by atoms with van der Waals surface area (Å²) in [6.45, 7) is 7.46. The van der Waals surface area contributed by atoms with Crippen LogP contribution in [0, 0.1) is 6.92 Å². The largest absolute Gasteiger partial charge is 0.334 e. The number of halogens is 2. The van der Waals surface area contributed by atoms with Crippen molar-refractivity contribution in [2.45, 2.75) is 13.8 Å². The summed E-state index contributed by atoms with van der Waals surface area (Å²) in [4.78, 5) is 4.35. The van der Waals surface area contributed by atoms with E-state index in [1.54, 1.807) is 25.2 Å². The average Bonchev–Trinajstić information content (AvgIpc) is 2.92. The molecule has 108 valence electrons. The van der Waals surface area contributed by atoms with Crippen LogP contribution in [0.2, 0.25) is 5.02 Å². The van der Waals surface area contributed by atoms with Crippen LogP contribution in [-0.4, -0.2) is 10.1 Å². The predicted molar refractivity (Wildman–Crippen MR) is 87.3 cm³/mol. The highest BCUT2D eigenvalue weighted by Gasteiger charge is 2.11. The molecule has 1 heterocycles. The third-order valence-electron chi connectivity index (χ3n) is 2.82. The van der Waals surface area contributed by atoms with Gasteiger partial charge in [0.1, 0.15) is 0 Å². The third-order valence-corrected chi connectivity index (χ3v) is 3.35. The lowest BCUT2D eigenvalue weighted by Gasteiger charge is -1.98. The zero-order valence-corrected chi connectivity index (χ0v) is 13.2. The zero-order chi connectivity index (χ0) is 15.4. The smallest absolute Gasteiger partial charge is 0.258 e. The topological polar surface area (TPSA) is 38.9 Å². The van der Waals surface area contributed by atoms with E-state index in [2.05, 4.69) is 16.7 Å². The van der Waals surface area contributed by atoms with Gasteiger partial charge in [0.25, 0.3) is 5.89 Å². The van der Waals surface area contributed by atoms with Crippen molar-refractivity contribution in [3.8, 4) is 11.4 Å². The fraction of sp³-hybridized carbons (Fsp3) is 0.125. The molecule has 0 spiro atoms. The Balaban J connectivity index is 2.36. The number of benzene rings is 1. The molecule has 1 aromatic heterocycles. The van der Waals surface area contributed by atoms with Crippen molar-refractivity contribution < 1.29 is 4.52 Å². The second kappa shape index (κ2) is 6.74. The SMILES string of the molecule is C=C/C(=C\C=C(/C)Cl)c1nc(-c2ccc(C)c(Cl)c2)no1. The first kappa shape index (κ1) is 15.5. The molecule has 3 nitrogen and oxygen atoms in total. The van der Waals surface area contributed by atoms with Crippen molar-refractivity contribution in [2.75, 3.05) is 0 Å². The molecule has 0 N–H and O–H groups in total. The molecule has 0 aliphatic heterocycles. The van der Waals surface area contributed by atoms with Gasteiger partial charge >= 0.3 is 0 Å². The minimum Gasteiger partial charge on any atom is -0.334 e. The molecular weight excluding hydrogens is 307 g/mol. The molecule has 2 aromatic rings. The van der Waals surface area contributed by atoms with Gasteiger partial charge in [0, 0.05) is 21.2 Å². The highest BCUT2D eigenvalue weighted by molar-refractivity contribution is 6.31. The lowest BCUT2D eigenvalue weighted by Crippen LogP contribution is -1.84. The van der Waals surface area contributed by atoms with Gasteiger partial charge in [-0.15, -0.1) is 0 Å². The molecular formula is C16H14Cl2N2O. The first-order valence-corrected chi connectivity index (χ1v) is 7.04. The number of aromatic nitrogens is 2. The monoisotopic (exact) mass is 320 g/mol. The van der Waals surface area contributed by atoms with Crippen LogP contribution in [-0.2, 0) is 0 Å². The Morgan fingerprint density at radius 2 is 2.10 bits per heavy atom. The summed E-state index contributed by atoms with van der Waals surface area (Å²) in [7, 11) is 0. The standard InChI is InChI=1S/C16H14Cl2N2O/c1-4-12(8-6-11(3)17)16-19-15(20-21-16)13-7-5-10(2)14(18)9-13/h4-9H,1H2,2-3H3/b11-6+,12-8+. The summed E-state index contributed by atoms with van der Waals surface area (Å²) in [5, 5.41) is 5.28. The van der Waals surface area contributed by atoms with Gasteiger partial charge in [-0.05, 0) is 37.6 Å². The highest BCUT2D eigenvalue weighted by atomic mass is 35.5. The molecule has 1 aromatic carbocycles. The summed E-state index contributed by atoms with van der Waals surface area (Å²) >= 11 is 11.9. The van der Waals surface area contributed by atoms with Gasteiger partial charge in [-0.1, -0.05) is 53.1 Å². The molecule has 21 heavy (non-hydrogen) atoms. The molecule has 5 heteroatoms. The van der Waals surface area contributed by atoms with Gasteiger partial charge < -0.3 is 4.52 Å².